The number of aryl methyl sites for hydroxylation is 1. The number of H-pyrrole nitrogens is 2. The van der Waals surface area contributed by atoms with Gasteiger partial charge in [0.1, 0.15) is 5.82 Å². The summed E-state index contributed by atoms with van der Waals surface area (Å²) in [7, 11) is 0. The number of hydrogen-bond donors (Lipinski definition) is 3. The molecule has 0 aliphatic rings. The molecular formula is C25H20N4O3S2. The monoisotopic (exact) mass is 488 g/mol. The molecule has 0 spiro atoms. The van der Waals surface area contributed by atoms with Crippen molar-refractivity contribution in [2.45, 2.75) is 13.8 Å². The van der Waals surface area contributed by atoms with Gasteiger partial charge >= 0.3 is 5.97 Å². The highest BCUT2D eigenvalue weighted by molar-refractivity contribution is 7.73. The molecule has 0 unspecified atom stereocenters. The van der Waals surface area contributed by atoms with Crippen LogP contribution in [0.25, 0.3) is 44.7 Å². The van der Waals surface area contributed by atoms with E-state index in [0.29, 0.717) is 27.6 Å². The fourth-order valence-electron chi connectivity index (χ4n) is 4.06. The molecule has 0 radical (unpaired) electrons. The molecule has 0 bridgehead atoms. The molecule has 0 saturated heterocycles. The van der Waals surface area contributed by atoms with Gasteiger partial charge in [-0.3, -0.25) is 4.37 Å². The molecule has 0 aliphatic heterocycles. The lowest BCUT2D eigenvalue weighted by atomic mass is 9.93. The van der Waals surface area contributed by atoms with Crippen molar-refractivity contribution in [2.24, 2.45) is 0 Å². The lowest BCUT2D eigenvalue weighted by Crippen LogP contribution is -2.00. The quantitative estimate of drug-likeness (QED) is 0.236. The molecule has 34 heavy (non-hydrogen) atoms. The van der Waals surface area contributed by atoms with Crippen LogP contribution in [0.3, 0.4) is 0 Å². The Morgan fingerprint density at radius 3 is 2.35 bits per heavy atom. The van der Waals surface area contributed by atoms with Gasteiger partial charge in [-0.05, 0) is 71.5 Å². The number of aromatic amines is 2. The minimum Gasteiger partial charge on any atom is -0.478 e. The number of rotatable bonds is 6. The van der Waals surface area contributed by atoms with Crippen molar-refractivity contribution in [3.05, 3.63) is 69.7 Å². The number of nitrogens with one attached hydrogen (secondary N) is 2. The third-order valence-corrected chi connectivity index (χ3v) is 6.54. The first kappa shape index (κ1) is 22.0. The van der Waals surface area contributed by atoms with Crippen LogP contribution in [-0.2, 0) is 0 Å². The van der Waals surface area contributed by atoms with E-state index >= 15 is 0 Å². The van der Waals surface area contributed by atoms with Gasteiger partial charge < -0.3 is 14.8 Å². The summed E-state index contributed by atoms with van der Waals surface area (Å²) in [5, 5.41) is 9.81. The molecule has 9 heteroatoms. The normalized spacial score (nSPS) is 11.1. The summed E-state index contributed by atoms with van der Waals surface area (Å²) in [6.07, 6.45) is 0. The number of carboxylic acid groups (broad SMARTS) is 1. The lowest BCUT2D eigenvalue weighted by molar-refractivity contribution is 0.0699. The van der Waals surface area contributed by atoms with Gasteiger partial charge in [0, 0.05) is 5.56 Å². The number of imidazole rings is 1. The number of carboxylic acids is 1. The van der Waals surface area contributed by atoms with E-state index in [-0.39, 0.29) is 5.56 Å². The maximum Gasteiger partial charge on any atom is 0.337 e. The molecule has 170 valence electrons. The molecule has 0 aliphatic carbocycles. The lowest BCUT2D eigenvalue weighted by Gasteiger charge is -2.11. The maximum absolute atomic E-state index is 12.0. The Morgan fingerprint density at radius 1 is 1.06 bits per heavy atom. The van der Waals surface area contributed by atoms with Gasteiger partial charge in [0.2, 0.25) is 0 Å². The molecule has 0 amide bonds. The minimum absolute atomic E-state index is 0.155. The highest BCUT2D eigenvalue weighted by Crippen LogP contribution is 2.35. The molecule has 0 saturated carbocycles. The second-order valence-electron chi connectivity index (χ2n) is 7.65. The molecule has 0 fully saturated rings. The predicted molar refractivity (Wildman–Crippen MR) is 136 cm³/mol. The van der Waals surface area contributed by atoms with Crippen molar-refractivity contribution >= 4 is 40.8 Å². The van der Waals surface area contributed by atoms with Gasteiger partial charge in [0.25, 0.3) is 6.01 Å². The topological polar surface area (TPSA) is 104 Å². The van der Waals surface area contributed by atoms with Gasteiger partial charge in [-0.15, -0.1) is 0 Å². The van der Waals surface area contributed by atoms with Crippen LogP contribution in [0.2, 0.25) is 0 Å². The Hall–Kier alpha value is -3.82. The smallest absolute Gasteiger partial charge is 0.337 e. The standard InChI is InChI=1S/C25H20N4O3S2/c1-3-32-24-26-20-13(2)18(12-19(23(30)31)21(20)27-24)15-10-8-14(9-11-15)16-6-4-5-7-17(16)22-28-25(33)34-29-22/h4-12H,3H2,1-2H3,(H,26,27)(H,30,31)(H,28,29,33). The molecule has 5 aromatic rings. The van der Waals surface area contributed by atoms with Crippen LogP contribution in [0.15, 0.2) is 54.6 Å². The Morgan fingerprint density at radius 2 is 1.74 bits per heavy atom. The van der Waals surface area contributed by atoms with Gasteiger partial charge in [0.15, 0.2) is 3.95 Å². The second kappa shape index (κ2) is 8.85. The van der Waals surface area contributed by atoms with Crippen molar-refractivity contribution in [1.29, 1.82) is 0 Å². The summed E-state index contributed by atoms with van der Waals surface area (Å²) < 4.78 is 9.20. The molecule has 3 N–H and O–H groups in total. The molecule has 3 aromatic carbocycles. The zero-order valence-electron chi connectivity index (χ0n) is 18.4. The van der Waals surface area contributed by atoms with Crippen LogP contribution in [0.1, 0.15) is 22.8 Å². The first-order chi connectivity index (χ1) is 16.5. The van der Waals surface area contributed by atoms with E-state index in [9.17, 15) is 9.90 Å². The highest BCUT2D eigenvalue weighted by Gasteiger charge is 2.19. The van der Waals surface area contributed by atoms with Crippen molar-refractivity contribution in [3.8, 4) is 39.7 Å². The van der Waals surface area contributed by atoms with Gasteiger partial charge in [-0.2, -0.15) is 4.98 Å². The molecular weight excluding hydrogens is 468 g/mol. The third kappa shape index (κ3) is 3.89. The molecule has 2 heterocycles. The Balaban J connectivity index is 1.60. The zero-order valence-corrected chi connectivity index (χ0v) is 20.0. The van der Waals surface area contributed by atoms with Crippen molar-refractivity contribution < 1.29 is 14.6 Å². The Labute approximate surface area is 204 Å². The van der Waals surface area contributed by atoms with E-state index in [4.69, 9.17) is 17.0 Å². The zero-order chi connectivity index (χ0) is 23.8. The summed E-state index contributed by atoms with van der Waals surface area (Å²) >= 11 is 6.50. The number of carbonyl (C=O) groups is 1. The maximum atomic E-state index is 12.0. The Kier molecular flexibility index (Phi) is 5.72. The first-order valence-corrected chi connectivity index (χ1v) is 11.8. The van der Waals surface area contributed by atoms with Crippen LogP contribution in [0, 0.1) is 10.9 Å². The molecule has 0 atom stereocenters. The number of hydrogen-bond acceptors (Lipinski definition) is 6. The third-order valence-electron chi connectivity index (χ3n) is 5.64. The highest BCUT2D eigenvalue weighted by atomic mass is 32.2. The first-order valence-electron chi connectivity index (χ1n) is 10.6. The fourth-order valence-corrected chi connectivity index (χ4v) is 4.75. The van der Waals surface area contributed by atoms with Gasteiger partial charge in [-0.1, -0.05) is 48.5 Å². The van der Waals surface area contributed by atoms with Crippen LogP contribution in [-0.4, -0.2) is 37.0 Å². The minimum atomic E-state index is -1.02. The van der Waals surface area contributed by atoms with E-state index in [1.165, 1.54) is 11.5 Å². The largest absolute Gasteiger partial charge is 0.478 e. The summed E-state index contributed by atoms with van der Waals surface area (Å²) in [6, 6.07) is 18.0. The number of ether oxygens (including phenoxy) is 1. The van der Waals surface area contributed by atoms with Crippen molar-refractivity contribution in [3.63, 3.8) is 0 Å². The SMILES string of the molecule is CCOc1nc2c(C)c(-c3ccc(-c4ccccc4-c4nc(=S)s[nH]4)cc3)cc(C(=O)O)c2[nH]1. The Bertz CT molecular complexity index is 1580. The molecule has 7 nitrogen and oxygen atoms in total. The summed E-state index contributed by atoms with van der Waals surface area (Å²) in [5.41, 5.74) is 6.80. The van der Waals surface area contributed by atoms with Gasteiger partial charge in [-0.25, -0.2) is 9.78 Å². The van der Waals surface area contributed by atoms with E-state index in [2.05, 4.69) is 19.3 Å². The van der Waals surface area contributed by atoms with Crippen LogP contribution < -0.4 is 4.74 Å². The van der Waals surface area contributed by atoms with Gasteiger partial charge in [0.05, 0.1) is 23.2 Å². The summed E-state index contributed by atoms with van der Waals surface area (Å²) in [6.45, 7) is 4.22. The number of aromatic nitrogens is 4. The summed E-state index contributed by atoms with van der Waals surface area (Å²) in [5.74, 6) is -0.283. The second-order valence-corrected chi connectivity index (χ2v) is 9.09. The molecule has 2 aromatic heterocycles. The summed E-state index contributed by atoms with van der Waals surface area (Å²) in [4.78, 5) is 23.9. The van der Waals surface area contributed by atoms with Crippen LogP contribution in [0.4, 0.5) is 0 Å². The number of benzene rings is 3. The number of aromatic carboxylic acids is 1. The fraction of sp³-hybridized carbons (Fsp3) is 0.120. The average Bonchev–Trinajstić information content (AvgIpc) is 3.46. The average molecular weight is 489 g/mol. The van der Waals surface area contributed by atoms with Crippen LogP contribution >= 0.6 is 23.8 Å². The van der Waals surface area contributed by atoms with Crippen LogP contribution in [0.5, 0.6) is 6.01 Å². The van der Waals surface area contributed by atoms with E-state index in [0.717, 1.165) is 39.2 Å². The van der Waals surface area contributed by atoms with E-state index in [1.807, 2.05) is 62.4 Å². The number of fused-ring (bicyclic) bond motifs is 1. The van der Waals surface area contributed by atoms with E-state index in [1.54, 1.807) is 6.07 Å². The number of nitrogens with zero attached hydrogens (tertiary/aromatic N) is 2. The molecule has 5 rings (SSSR count). The van der Waals surface area contributed by atoms with Crippen molar-refractivity contribution in [1.82, 2.24) is 19.3 Å². The predicted octanol–water partition coefficient (Wildman–Crippen LogP) is 6.48. The van der Waals surface area contributed by atoms with E-state index < -0.39 is 5.97 Å². The van der Waals surface area contributed by atoms with Crippen molar-refractivity contribution in [2.75, 3.05) is 6.61 Å².